The average molecular weight is 511 g/mol. The van der Waals surface area contributed by atoms with E-state index in [1.807, 2.05) is 0 Å². The van der Waals surface area contributed by atoms with Crippen LogP contribution in [0.2, 0.25) is 0 Å². The van der Waals surface area contributed by atoms with E-state index >= 15 is 0 Å². The topological polar surface area (TPSA) is 0 Å². The molecular weight excluding hydrogens is 484 g/mol. The predicted molar refractivity (Wildman–Crippen MR) is 95.6 cm³/mol. The average Bonchev–Trinajstić information content (AvgIpc) is 2.35. The van der Waals surface area contributed by atoms with E-state index in [4.69, 9.17) is 0 Å². The van der Waals surface area contributed by atoms with Crippen LogP contribution in [0.15, 0.2) is 35.9 Å². The second kappa shape index (κ2) is 9.50. The summed E-state index contributed by atoms with van der Waals surface area (Å²) in [7, 11) is 4.72. The maximum absolute atomic E-state index is 2.52. The largest absolute Gasteiger partial charge is 1.00 e. The zero-order chi connectivity index (χ0) is 14.4. The molecule has 3 heteroatoms. The molecule has 1 aromatic carbocycles. The van der Waals surface area contributed by atoms with Gasteiger partial charge in [-0.1, -0.05) is 31.1 Å². The Labute approximate surface area is 160 Å². The lowest BCUT2D eigenvalue weighted by Gasteiger charge is -2.31. The van der Waals surface area contributed by atoms with Gasteiger partial charge in [-0.05, 0) is 66.0 Å². The molecule has 0 bridgehead atoms. The van der Waals surface area contributed by atoms with Gasteiger partial charge in [-0.3, -0.25) is 0 Å². The van der Waals surface area contributed by atoms with Crippen LogP contribution in [0.4, 0.5) is 0 Å². The van der Waals surface area contributed by atoms with Gasteiger partial charge < -0.3 is 28.5 Å². The molecule has 0 unspecified atom stereocenters. The SMILES string of the molecule is C[N+](C)(C/C1=C/CCCCCC1)Cc1ccc(I)cc1.[I-]. The summed E-state index contributed by atoms with van der Waals surface area (Å²) in [5.41, 5.74) is 3.13. The van der Waals surface area contributed by atoms with Gasteiger partial charge in [0.1, 0.15) is 13.1 Å². The van der Waals surface area contributed by atoms with Crippen molar-refractivity contribution in [3.63, 3.8) is 0 Å². The minimum Gasteiger partial charge on any atom is -1.00 e. The first kappa shape index (κ1) is 19.4. The van der Waals surface area contributed by atoms with Gasteiger partial charge in [0.25, 0.3) is 0 Å². The summed E-state index contributed by atoms with van der Waals surface area (Å²) in [5.74, 6) is 0. The third kappa shape index (κ3) is 7.46. The highest BCUT2D eigenvalue weighted by Crippen LogP contribution is 2.21. The van der Waals surface area contributed by atoms with Gasteiger partial charge in [0, 0.05) is 9.13 Å². The van der Waals surface area contributed by atoms with Gasteiger partial charge in [0.2, 0.25) is 0 Å². The predicted octanol–water partition coefficient (Wildman–Crippen LogP) is 2.15. The number of quaternary nitrogens is 1. The number of hydrogen-bond acceptors (Lipinski definition) is 0. The molecule has 0 aromatic heterocycles. The van der Waals surface area contributed by atoms with Crippen LogP contribution in [0.5, 0.6) is 0 Å². The van der Waals surface area contributed by atoms with E-state index in [0.29, 0.717) is 0 Å². The van der Waals surface area contributed by atoms with Crippen LogP contribution in [0, 0.1) is 3.57 Å². The summed E-state index contributed by atoms with van der Waals surface area (Å²) in [4.78, 5) is 0. The summed E-state index contributed by atoms with van der Waals surface area (Å²) >= 11 is 2.37. The number of likely N-dealkylation sites (N-methyl/N-ethyl adjacent to an activating group) is 1. The van der Waals surface area contributed by atoms with Crippen molar-refractivity contribution in [3.05, 3.63) is 45.0 Å². The van der Waals surface area contributed by atoms with Crippen LogP contribution >= 0.6 is 22.6 Å². The van der Waals surface area contributed by atoms with Crippen molar-refractivity contribution < 1.29 is 28.5 Å². The number of benzene rings is 1. The first-order chi connectivity index (χ1) is 9.55. The molecule has 1 aromatic rings. The Morgan fingerprint density at radius 3 is 2.33 bits per heavy atom. The number of halogens is 2. The Hall–Kier alpha value is 0.380. The lowest BCUT2D eigenvalue weighted by molar-refractivity contribution is -0.899. The van der Waals surface area contributed by atoms with E-state index in [2.05, 4.69) is 67.0 Å². The maximum atomic E-state index is 2.52. The van der Waals surface area contributed by atoms with Gasteiger partial charge in [-0.25, -0.2) is 0 Å². The molecule has 0 radical (unpaired) electrons. The van der Waals surface area contributed by atoms with Crippen molar-refractivity contribution in [1.82, 2.24) is 0 Å². The smallest absolute Gasteiger partial charge is 0.104 e. The molecule has 0 saturated heterocycles. The van der Waals surface area contributed by atoms with Crippen molar-refractivity contribution >= 4 is 22.6 Å². The zero-order valence-electron chi connectivity index (χ0n) is 13.2. The third-order valence-corrected chi connectivity index (χ3v) is 4.76. The number of nitrogens with zero attached hydrogens (tertiary/aromatic N) is 1. The van der Waals surface area contributed by atoms with E-state index in [-0.39, 0.29) is 24.0 Å². The van der Waals surface area contributed by atoms with Crippen molar-refractivity contribution in [3.8, 4) is 0 Å². The molecule has 21 heavy (non-hydrogen) atoms. The molecule has 0 aliphatic heterocycles. The normalized spacial score (nSPS) is 18.9. The fourth-order valence-electron chi connectivity index (χ4n) is 3.09. The molecule has 2 rings (SSSR count). The Morgan fingerprint density at radius 2 is 1.62 bits per heavy atom. The second-order valence-corrected chi connectivity index (χ2v) is 7.94. The molecule has 1 aliphatic rings. The summed E-state index contributed by atoms with van der Waals surface area (Å²) in [5, 5.41) is 0. The lowest BCUT2D eigenvalue weighted by atomic mass is 9.99. The Kier molecular flexibility index (Phi) is 8.79. The molecule has 0 spiro atoms. The van der Waals surface area contributed by atoms with Gasteiger partial charge in [-0.15, -0.1) is 0 Å². The van der Waals surface area contributed by atoms with E-state index in [0.717, 1.165) is 11.0 Å². The lowest BCUT2D eigenvalue weighted by Crippen LogP contribution is -3.00. The molecule has 0 N–H and O–H groups in total. The molecule has 0 amide bonds. The molecular formula is C18H27I2N. The number of hydrogen-bond donors (Lipinski definition) is 0. The van der Waals surface area contributed by atoms with Crippen LogP contribution in [0.25, 0.3) is 0 Å². The van der Waals surface area contributed by atoms with Crippen LogP contribution in [-0.2, 0) is 6.54 Å². The zero-order valence-corrected chi connectivity index (χ0v) is 17.6. The fraction of sp³-hybridized carbons (Fsp3) is 0.556. The van der Waals surface area contributed by atoms with Crippen molar-refractivity contribution in [1.29, 1.82) is 0 Å². The summed E-state index contributed by atoms with van der Waals surface area (Å²) in [6.45, 7) is 2.32. The minimum absolute atomic E-state index is 0. The monoisotopic (exact) mass is 511 g/mol. The Bertz CT molecular complexity index is 449. The number of rotatable bonds is 4. The van der Waals surface area contributed by atoms with E-state index in [9.17, 15) is 0 Å². The van der Waals surface area contributed by atoms with Crippen LogP contribution in [0.3, 0.4) is 0 Å². The third-order valence-electron chi connectivity index (χ3n) is 4.04. The highest BCUT2D eigenvalue weighted by atomic mass is 127. The molecule has 118 valence electrons. The molecule has 0 saturated carbocycles. The summed E-state index contributed by atoms with van der Waals surface area (Å²) < 4.78 is 2.38. The maximum Gasteiger partial charge on any atom is 0.104 e. The first-order valence-corrected chi connectivity index (χ1v) is 8.87. The van der Waals surface area contributed by atoms with Crippen LogP contribution in [-0.4, -0.2) is 25.1 Å². The molecule has 0 atom stereocenters. The molecule has 1 aliphatic carbocycles. The van der Waals surface area contributed by atoms with Gasteiger partial charge in [-0.2, -0.15) is 0 Å². The number of allylic oxidation sites excluding steroid dienone is 1. The molecule has 0 heterocycles. The van der Waals surface area contributed by atoms with Crippen molar-refractivity contribution in [2.75, 3.05) is 20.6 Å². The van der Waals surface area contributed by atoms with Gasteiger partial charge in [0.05, 0.1) is 14.1 Å². The fourth-order valence-corrected chi connectivity index (χ4v) is 3.45. The summed E-state index contributed by atoms with van der Waals surface area (Å²) in [6.07, 6.45) is 10.7. The van der Waals surface area contributed by atoms with E-state index < -0.39 is 0 Å². The van der Waals surface area contributed by atoms with E-state index in [1.54, 1.807) is 5.57 Å². The Balaban J connectivity index is 0.00000220. The van der Waals surface area contributed by atoms with Crippen LogP contribution in [0.1, 0.15) is 44.1 Å². The van der Waals surface area contributed by atoms with Crippen molar-refractivity contribution in [2.45, 2.75) is 45.1 Å². The van der Waals surface area contributed by atoms with Gasteiger partial charge in [0.15, 0.2) is 0 Å². The quantitative estimate of drug-likeness (QED) is 0.331. The van der Waals surface area contributed by atoms with Crippen LogP contribution < -0.4 is 24.0 Å². The van der Waals surface area contributed by atoms with Crippen molar-refractivity contribution in [2.24, 2.45) is 0 Å². The summed E-state index contributed by atoms with van der Waals surface area (Å²) in [6, 6.07) is 8.97. The van der Waals surface area contributed by atoms with Gasteiger partial charge >= 0.3 is 0 Å². The second-order valence-electron chi connectivity index (χ2n) is 6.69. The minimum atomic E-state index is 0. The molecule has 0 fully saturated rings. The van der Waals surface area contributed by atoms with E-state index in [1.165, 1.54) is 54.2 Å². The standard InChI is InChI=1S/C18H27IN.HI/c1-20(2,15-17-10-12-18(19)13-11-17)14-16-8-6-4-3-5-7-9-16;/h8,10-13H,3-7,9,14-15H2,1-2H3;1H/q+1;/p-1/b16-8+;. The first-order valence-electron chi connectivity index (χ1n) is 7.79. The highest BCUT2D eigenvalue weighted by Gasteiger charge is 2.18. The Morgan fingerprint density at radius 1 is 0.952 bits per heavy atom. The highest BCUT2D eigenvalue weighted by molar-refractivity contribution is 14.1. The molecule has 1 nitrogen and oxygen atoms in total.